The van der Waals surface area contributed by atoms with Gasteiger partial charge >= 0.3 is 0 Å². The quantitative estimate of drug-likeness (QED) is 0.847. The average molecular weight is 277 g/mol. The number of carbonyl (C=O) groups excluding carboxylic acids is 1. The first-order valence-corrected chi connectivity index (χ1v) is 6.63. The van der Waals surface area contributed by atoms with Crippen LogP contribution in [0.3, 0.4) is 0 Å². The second kappa shape index (κ2) is 5.79. The van der Waals surface area contributed by atoms with Gasteiger partial charge in [0, 0.05) is 18.5 Å². The highest BCUT2D eigenvalue weighted by Crippen LogP contribution is 2.25. The van der Waals surface area contributed by atoms with E-state index in [1.165, 1.54) is 11.8 Å². The molecule has 100 valence electrons. The van der Waals surface area contributed by atoms with Crippen LogP contribution in [0.25, 0.3) is 5.69 Å². The van der Waals surface area contributed by atoms with Crippen LogP contribution >= 0.6 is 11.8 Å². The number of methoxy groups -OCH3 is 1. The fourth-order valence-electron chi connectivity index (χ4n) is 1.55. The van der Waals surface area contributed by atoms with Crippen LogP contribution in [-0.2, 0) is 4.79 Å². The van der Waals surface area contributed by atoms with Gasteiger partial charge < -0.3 is 10.5 Å². The normalized spacial score (nSPS) is 12.1. The number of rotatable bonds is 5. The Morgan fingerprint density at radius 1 is 1.53 bits per heavy atom. The first kappa shape index (κ1) is 13.5. The van der Waals surface area contributed by atoms with Gasteiger partial charge in [-0.1, -0.05) is 17.8 Å². The molecule has 0 radical (unpaired) electrons. The summed E-state index contributed by atoms with van der Waals surface area (Å²) in [6, 6.07) is 7.63. The van der Waals surface area contributed by atoms with E-state index in [0.29, 0.717) is 0 Å². The van der Waals surface area contributed by atoms with Gasteiger partial charge in [0.15, 0.2) is 5.16 Å². The number of ether oxygens (including phenoxy) is 1. The van der Waals surface area contributed by atoms with Crippen molar-refractivity contribution in [2.24, 2.45) is 5.73 Å². The predicted octanol–water partition coefficient (Wildman–Crippen LogP) is 1.85. The van der Waals surface area contributed by atoms with Crippen LogP contribution in [0.1, 0.15) is 6.92 Å². The van der Waals surface area contributed by atoms with Crippen molar-refractivity contribution in [1.82, 2.24) is 9.55 Å². The van der Waals surface area contributed by atoms with E-state index >= 15 is 0 Å². The Hall–Kier alpha value is -1.95. The van der Waals surface area contributed by atoms with Crippen molar-refractivity contribution < 1.29 is 9.53 Å². The number of nitrogens with two attached hydrogens (primary N) is 1. The van der Waals surface area contributed by atoms with Crippen LogP contribution < -0.4 is 10.5 Å². The summed E-state index contributed by atoms with van der Waals surface area (Å²) in [6.45, 7) is 1.76. The standard InChI is InChI=1S/C13H15N3O2S/c1-9(12(14)17)19-13-15-6-7-16(13)10-4-3-5-11(8-10)18-2/h3-9H,1-2H3,(H2,14,17)/t9-/m1/s1. The molecule has 0 aliphatic heterocycles. The zero-order valence-corrected chi connectivity index (χ0v) is 11.6. The monoisotopic (exact) mass is 277 g/mol. The Labute approximate surface area is 115 Å². The molecule has 2 rings (SSSR count). The minimum atomic E-state index is -0.356. The van der Waals surface area contributed by atoms with Crippen LogP contribution in [0.2, 0.25) is 0 Å². The third kappa shape index (κ3) is 3.08. The second-order valence-electron chi connectivity index (χ2n) is 3.94. The van der Waals surface area contributed by atoms with Crippen molar-refractivity contribution in [3.63, 3.8) is 0 Å². The maximum absolute atomic E-state index is 11.1. The van der Waals surface area contributed by atoms with Crippen molar-refractivity contribution >= 4 is 17.7 Å². The van der Waals surface area contributed by atoms with Crippen LogP contribution in [0.15, 0.2) is 41.8 Å². The van der Waals surface area contributed by atoms with Crippen LogP contribution in [0.5, 0.6) is 5.75 Å². The molecule has 2 N–H and O–H groups in total. The molecule has 5 nitrogen and oxygen atoms in total. The number of primary amides is 1. The number of carbonyl (C=O) groups is 1. The molecule has 19 heavy (non-hydrogen) atoms. The highest BCUT2D eigenvalue weighted by Gasteiger charge is 2.15. The number of benzene rings is 1. The number of amides is 1. The first-order valence-electron chi connectivity index (χ1n) is 5.75. The SMILES string of the molecule is COc1cccc(-n2ccnc2S[C@H](C)C(N)=O)c1. The van der Waals surface area contributed by atoms with Gasteiger partial charge in [-0.05, 0) is 19.1 Å². The molecular weight excluding hydrogens is 262 g/mol. The third-order valence-corrected chi connectivity index (χ3v) is 3.72. The Bertz CT molecular complexity index is 583. The Balaban J connectivity index is 2.30. The van der Waals surface area contributed by atoms with E-state index in [2.05, 4.69) is 4.98 Å². The van der Waals surface area contributed by atoms with Gasteiger partial charge in [0.1, 0.15) is 5.75 Å². The van der Waals surface area contributed by atoms with Gasteiger partial charge in [0.25, 0.3) is 0 Å². The van der Waals surface area contributed by atoms with Gasteiger partial charge in [-0.3, -0.25) is 9.36 Å². The predicted molar refractivity (Wildman–Crippen MR) is 74.6 cm³/mol. The zero-order valence-electron chi connectivity index (χ0n) is 10.7. The van der Waals surface area contributed by atoms with Gasteiger partial charge in [-0.25, -0.2) is 4.98 Å². The molecule has 0 unspecified atom stereocenters. The lowest BCUT2D eigenvalue weighted by molar-refractivity contribution is -0.117. The van der Waals surface area contributed by atoms with E-state index in [1.54, 1.807) is 20.2 Å². The summed E-state index contributed by atoms with van der Waals surface area (Å²) < 4.78 is 7.09. The van der Waals surface area contributed by atoms with E-state index in [0.717, 1.165) is 16.6 Å². The molecule has 0 fully saturated rings. The van der Waals surface area contributed by atoms with E-state index in [1.807, 2.05) is 35.0 Å². The van der Waals surface area contributed by atoms with Crippen molar-refractivity contribution in [3.05, 3.63) is 36.7 Å². The van der Waals surface area contributed by atoms with Gasteiger partial charge in [-0.15, -0.1) is 0 Å². The van der Waals surface area contributed by atoms with Crippen LogP contribution in [-0.4, -0.2) is 27.8 Å². The molecule has 0 saturated heterocycles. The molecule has 1 atom stereocenters. The lowest BCUT2D eigenvalue weighted by Gasteiger charge is -2.11. The smallest absolute Gasteiger partial charge is 0.230 e. The van der Waals surface area contributed by atoms with Crippen molar-refractivity contribution in [2.45, 2.75) is 17.3 Å². The number of nitrogens with zero attached hydrogens (tertiary/aromatic N) is 2. The fraction of sp³-hybridized carbons (Fsp3) is 0.231. The summed E-state index contributed by atoms with van der Waals surface area (Å²) in [5.41, 5.74) is 6.20. The molecule has 6 heteroatoms. The fourth-order valence-corrected chi connectivity index (χ4v) is 2.38. The van der Waals surface area contributed by atoms with Crippen LogP contribution in [0.4, 0.5) is 0 Å². The summed E-state index contributed by atoms with van der Waals surface area (Å²) in [5.74, 6) is 0.412. The van der Waals surface area contributed by atoms with E-state index in [4.69, 9.17) is 10.5 Å². The van der Waals surface area contributed by atoms with E-state index < -0.39 is 0 Å². The number of thioether (sulfide) groups is 1. The molecule has 0 bridgehead atoms. The summed E-state index contributed by atoms with van der Waals surface area (Å²) >= 11 is 1.33. The van der Waals surface area contributed by atoms with Gasteiger partial charge in [-0.2, -0.15) is 0 Å². The topological polar surface area (TPSA) is 70.1 Å². The lowest BCUT2D eigenvalue weighted by Crippen LogP contribution is -2.22. The Morgan fingerprint density at radius 2 is 2.32 bits per heavy atom. The highest BCUT2D eigenvalue weighted by atomic mass is 32.2. The number of hydrogen-bond donors (Lipinski definition) is 1. The number of hydrogen-bond acceptors (Lipinski definition) is 4. The largest absolute Gasteiger partial charge is 0.497 e. The van der Waals surface area contributed by atoms with E-state index in [9.17, 15) is 4.79 Å². The second-order valence-corrected chi connectivity index (χ2v) is 5.25. The summed E-state index contributed by atoms with van der Waals surface area (Å²) in [6.07, 6.45) is 3.53. The molecule has 0 aliphatic rings. The summed E-state index contributed by atoms with van der Waals surface area (Å²) in [7, 11) is 1.62. The highest BCUT2D eigenvalue weighted by molar-refractivity contribution is 8.00. The van der Waals surface area contributed by atoms with Crippen molar-refractivity contribution in [3.8, 4) is 11.4 Å². The van der Waals surface area contributed by atoms with Gasteiger partial charge in [0.2, 0.25) is 5.91 Å². The van der Waals surface area contributed by atoms with Crippen LogP contribution in [0, 0.1) is 0 Å². The lowest BCUT2D eigenvalue weighted by atomic mass is 10.3. The van der Waals surface area contributed by atoms with Gasteiger partial charge in [0.05, 0.1) is 18.0 Å². The molecule has 0 aliphatic carbocycles. The maximum atomic E-state index is 11.1. The zero-order chi connectivity index (χ0) is 13.8. The number of aromatic nitrogens is 2. The number of imidazole rings is 1. The van der Waals surface area contributed by atoms with E-state index in [-0.39, 0.29) is 11.2 Å². The third-order valence-electron chi connectivity index (χ3n) is 2.62. The summed E-state index contributed by atoms with van der Waals surface area (Å²) in [5, 5.41) is 0.395. The minimum Gasteiger partial charge on any atom is -0.497 e. The minimum absolute atomic E-state index is 0.327. The summed E-state index contributed by atoms with van der Waals surface area (Å²) in [4.78, 5) is 15.4. The molecule has 2 aromatic rings. The van der Waals surface area contributed by atoms with Crippen molar-refractivity contribution in [2.75, 3.05) is 7.11 Å². The Morgan fingerprint density at radius 3 is 3.00 bits per heavy atom. The molecule has 1 aromatic heterocycles. The molecule has 0 saturated carbocycles. The average Bonchev–Trinajstić information content (AvgIpc) is 2.86. The Kier molecular flexibility index (Phi) is 4.11. The molecule has 1 heterocycles. The maximum Gasteiger partial charge on any atom is 0.230 e. The molecule has 0 spiro atoms. The molecular formula is C13H15N3O2S. The molecule has 1 amide bonds. The van der Waals surface area contributed by atoms with Crippen molar-refractivity contribution in [1.29, 1.82) is 0 Å². The first-order chi connectivity index (χ1) is 9.11. The molecule has 1 aromatic carbocycles.